The molecule has 142 valence electrons. The first-order chi connectivity index (χ1) is 12.7. The van der Waals surface area contributed by atoms with E-state index in [0.29, 0.717) is 5.75 Å². The molecule has 0 bridgehead atoms. The highest BCUT2D eigenvalue weighted by molar-refractivity contribution is 5.87. The molecule has 8 nitrogen and oxygen atoms in total. The number of carbonyl (C=O) groups excluding carboxylic acids is 1. The van der Waals surface area contributed by atoms with Crippen LogP contribution in [0.2, 0.25) is 0 Å². The third-order valence-corrected chi connectivity index (χ3v) is 3.65. The number of nitro benzene ring substituents is 1. The van der Waals surface area contributed by atoms with Gasteiger partial charge in [0.25, 0.3) is 11.6 Å². The van der Waals surface area contributed by atoms with E-state index in [1.165, 1.54) is 12.1 Å². The van der Waals surface area contributed by atoms with Crippen molar-refractivity contribution in [2.75, 3.05) is 6.61 Å². The Balaban J connectivity index is 1.99. The van der Waals surface area contributed by atoms with Crippen molar-refractivity contribution in [3.63, 3.8) is 0 Å². The minimum Gasteiger partial charge on any atom is -0.508 e. The van der Waals surface area contributed by atoms with Crippen LogP contribution in [0.3, 0.4) is 0 Å². The summed E-state index contributed by atoms with van der Waals surface area (Å²) >= 11 is 0. The number of carbonyl (C=O) groups is 1. The second kappa shape index (κ2) is 8.31. The lowest BCUT2D eigenvalue weighted by Crippen LogP contribution is -2.25. The van der Waals surface area contributed by atoms with E-state index in [2.05, 4.69) is 10.5 Å². The highest BCUT2D eigenvalue weighted by atomic mass is 16.6. The number of nitro groups is 1. The highest BCUT2D eigenvalue weighted by Crippen LogP contribution is 2.30. The quantitative estimate of drug-likeness (QED) is 0.460. The van der Waals surface area contributed by atoms with Gasteiger partial charge in [-0.2, -0.15) is 5.10 Å². The normalized spacial score (nSPS) is 11.4. The van der Waals surface area contributed by atoms with E-state index in [9.17, 15) is 20.0 Å². The Morgan fingerprint density at radius 1 is 1.30 bits per heavy atom. The molecule has 0 aromatic heterocycles. The SMILES string of the molecule is CC(C)(C)c1ccccc1OCC(=O)NN=Cc1cc(O)ccc1[N+](=O)[O-]. The number of benzene rings is 2. The van der Waals surface area contributed by atoms with Crippen molar-refractivity contribution in [3.05, 3.63) is 63.7 Å². The molecule has 0 fully saturated rings. The summed E-state index contributed by atoms with van der Waals surface area (Å²) in [5.74, 6) is -0.0546. The number of phenols is 1. The van der Waals surface area contributed by atoms with Crippen LogP contribution in [0.4, 0.5) is 5.69 Å². The van der Waals surface area contributed by atoms with Crippen LogP contribution in [-0.4, -0.2) is 28.8 Å². The Hall–Kier alpha value is -3.42. The number of nitrogens with zero attached hydrogens (tertiary/aromatic N) is 2. The first-order valence-corrected chi connectivity index (χ1v) is 8.20. The standard InChI is InChI=1S/C19H21N3O5/c1-19(2,3)15-6-4-5-7-17(15)27-12-18(24)21-20-11-13-10-14(23)8-9-16(13)22(25)26/h4-11,23H,12H2,1-3H3,(H,21,24). The zero-order valence-electron chi connectivity index (χ0n) is 15.3. The van der Waals surface area contributed by atoms with Crippen LogP contribution < -0.4 is 10.2 Å². The maximum atomic E-state index is 11.9. The average molecular weight is 371 g/mol. The number of nitrogens with one attached hydrogen (secondary N) is 1. The highest BCUT2D eigenvalue weighted by Gasteiger charge is 2.19. The Bertz CT molecular complexity index is 872. The summed E-state index contributed by atoms with van der Waals surface area (Å²) in [7, 11) is 0. The van der Waals surface area contributed by atoms with E-state index < -0.39 is 10.8 Å². The molecule has 1 amide bonds. The molecular formula is C19H21N3O5. The largest absolute Gasteiger partial charge is 0.508 e. The predicted molar refractivity (Wildman–Crippen MR) is 101 cm³/mol. The van der Waals surface area contributed by atoms with Crippen molar-refractivity contribution in [1.29, 1.82) is 0 Å². The van der Waals surface area contributed by atoms with Gasteiger partial charge in [-0.15, -0.1) is 0 Å². The molecule has 0 saturated carbocycles. The van der Waals surface area contributed by atoms with Gasteiger partial charge in [-0.3, -0.25) is 14.9 Å². The molecule has 8 heteroatoms. The fourth-order valence-corrected chi connectivity index (χ4v) is 2.37. The molecular weight excluding hydrogens is 350 g/mol. The minimum atomic E-state index is -0.602. The van der Waals surface area contributed by atoms with Gasteiger partial charge in [-0.05, 0) is 29.2 Å². The van der Waals surface area contributed by atoms with Crippen LogP contribution in [0.1, 0.15) is 31.9 Å². The number of hydrogen-bond donors (Lipinski definition) is 2. The third kappa shape index (κ3) is 5.53. The van der Waals surface area contributed by atoms with E-state index in [1.54, 1.807) is 6.07 Å². The summed E-state index contributed by atoms with van der Waals surface area (Å²) in [5.41, 5.74) is 2.91. The molecule has 0 aliphatic carbocycles. The second-order valence-corrected chi connectivity index (χ2v) is 6.83. The molecule has 0 radical (unpaired) electrons. The number of para-hydroxylation sites is 1. The fraction of sp³-hybridized carbons (Fsp3) is 0.263. The minimum absolute atomic E-state index is 0.0688. The van der Waals surface area contributed by atoms with Gasteiger partial charge in [0.1, 0.15) is 11.5 Å². The molecule has 0 saturated heterocycles. The number of phenolic OH excluding ortho intramolecular Hbond substituents is 1. The summed E-state index contributed by atoms with van der Waals surface area (Å²) < 4.78 is 5.58. The zero-order chi connectivity index (χ0) is 20.0. The van der Waals surface area contributed by atoms with E-state index >= 15 is 0 Å². The summed E-state index contributed by atoms with van der Waals surface area (Å²) in [6.07, 6.45) is 1.10. The number of amides is 1. The van der Waals surface area contributed by atoms with Crippen LogP contribution in [0.25, 0.3) is 0 Å². The van der Waals surface area contributed by atoms with Gasteiger partial charge >= 0.3 is 0 Å². The lowest BCUT2D eigenvalue weighted by Gasteiger charge is -2.22. The maximum Gasteiger partial charge on any atom is 0.278 e. The van der Waals surface area contributed by atoms with Gasteiger partial charge in [0, 0.05) is 6.07 Å². The van der Waals surface area contributed by atoms with E-state index in [0.717, 1.165) is 17.8 Å². The van der Waals surface area contributed by atoms with Crippen molar-refractivity contribution in [2.24, 2.45) is 5.10 Å². The maximum absolute atomic E-state index is 11.9. The van der Waals surface area contributed by atoms with Gasteiger partial charge in [0.2, 0.25) is 0 Å². The number of hydrazone groups is 1. The molecule has 2 aromatic carbocycles. The molecule has 2 N–H and O–H groups in total. The zero-order valence-corrected chi connectivity index (χ0v) is 15.3. The van der Waals surface area contributed by atoms with Crippen molar-refractivity contribution >= 4 is 17.8 Å². The van der Waals surface area contributed by atoms with Gasteiger partial charge in [-0.1, -0.05) is 39.0 Å². The second-order valence-electron chi connectivity index (χ2n) is 6.83. The fourth-order valence-electron chi connectivity index (χ4n) is 2.37. The van der Waals surface area contributed by atoms with Crippen LogP contribution in [-0.2, 0) is 10.2 Å². The first-order valence-electron chi connectivity index (χ1n) is 8.20. The third-order valence-electron chi connectivity index (χ3n) is 3.65. The van der Waals surface area contributed by atoms with Gasteiger partial charge < -0.3 is 9.84 Å². The smallest absolute Gasteiger partial charge is 0.278 e. The summed E-state index contributed by atoms with van der Waals surface area (Å²) in [5, 5.41) is 24.1. The predicted octanol–water partition coefficient (Wildman–Crippen LogP) is 3.13. The molecule has 2 aromatic rings. The molecule has 0 spiro atoms. The number of hydrogen-bond acceptors (Lipinski definition) is 6. The first kappa shape index (κ1) is 19.9. The van der Waals surface area contributed by atoms with E-state index in [-0.39, 0.29) is 29.0 Å². The Labute approximate surface area is 156 Å². The molecule has 2 rings (SSSR count). The van der Waals surface area contributed by atoms with Crippen molar-refractivity contribution in [1.82, 2.24) is 5.43 Å². The Kier molecular flexibility index (Phi) is 6.12. The molecule has 0 aliphatic heterocycles. The summed E-state index contributed by atoms with van der Waals surface area (Å²) in [6.45, 7) is 5.87. The Morgan fingerprint density at radius 3 is 2.67 bits per heavy atom. The monoisotopic (exact) mass is 371 g/mol. The number of rotatable bonds is 6. The molecule has 0 aliphatic rings. The van der Waals surface area contributed by atoms with Crippen LogP contribution >= 0.6 is 0 Å². The van der Waals surface area contributed by atoms with Gasteiger partial charge in [-0.25, -0.2) is 5.43 Å². The van der Waals surface area contributed by atoms with E-state index in [1.807, 2.05) is 39.0 Å². The van der Waals surface area contributed by atoms with Crippen molar-refractivity contribution in [2.45, 2.75) is 26.2 Å². The number of aromatic hydroxyl groups is 1. The molecule has 0 heterocycles. The average Bonchev–Trinajstić information content (AvgIpc) is 2.59. The lowest BCUT2D eigenvalue weighted by molar-refractivity contribution is -0.385. The summed E-state index contributed by atoms with van der Waals surface area (Å²) in [6, 6.07) is 11.0. The lowest BCUT2D eigenvalue weighted by atomic mass is 9.86. The van der Waals surface area contributed by atoms with Crippen LogP contribution in [0, 0.1) is 10.1 Å². The van der Waals surface area contributed by atoms with Gasteiger partial charge in [0.05, 0.1) is 16.7 Å². The number of ether oxygens (including phenoxy) is 1. The topological polar surface area (TPSA) is 114 Å². The van der Waals surface area contributed by atoms with Crippen molar-refractivity contribution < 1.29 is 19.6 Å². The van der Waals surface area contributed by atoms with Crippen LogP contribution in [0.5, 0.6) is 11.5 Å². The Morgan fingerprint density at radius 2 is 2.00 bits per heavy atom. The van der Waals surface area contributed by atoms with Gasteiger partial charge in [0.15, 0.2) is 6.61 Å². The molecule has 0 atom stereocenters. The van der Waals surface area contributed by atoms with Crippen LogP contribution in [0.15, 0.2) is 47.6 Å². The molecule has 27 heavy (non-hydrogen) atoms. The summed E-state index contributed by atoms with van der Waals surface area (Å²) in [4.78, 5) is 22.3. The van der Waals surface area contributed by atoms with Crippen molar-refractivity contribution in [3.8, 4) is 11.5 Å². The van der Waals surface area contributed by atoms with E-state index in [4.69, 9.17) is 4.74 Å². The molecule has 0 unspecified atom stereocenters.